The monoisotopic (exact) mass is 346 g/mol. The van der Waals surface area contributed by atoms with E-state index in [-0.39, 0.29) is 30.5 Å². The van der Waals surface area contributed by atoms with Crippen LogP contribution in [0.25, 0.3) is 0 Å². The van der Waals surface area contributed by atoms with E-state index in [0.717, 1.165) is 18.4 Å². The molecular formula is C20H30N2O3. The molecule has 0 spiro atoms. The summed E-state index contributed by atoms with van der Waals surface area (Å²) in [5.74, 6) is -0.266. The van der Waals surface area contributed by atoms with Crippen molar-refractivity contribution in [3.63, 3.8) is 0 Å². The molecule has 1 aliphatic rings. The Morgan fingerprint density at radius 1 is 1.20 bits per heavy atom. The second-order valence-corrected chi connectivity index (χ2v) is 6.62. The number of nitrogens with zero attached hydrogens (tertiary/aromatic N) is 1. The van der Waals surface area contributed by atoms with Crippen molar-refractivity contribution >= 4 is 12.0 Å². The standard InChI is InChI=1S/C20H30N2O3/c1-3-25-19(23)14-15-22(16(2)17-10-6-4-7-11-17)20(24)21-18-12-8-5-9-13-18/h4,6-7,10-11,16,18H,3,5,8-9,12-15H2,1-2H3,(H,21,24). The SMILES string of the molecule is CCOC(=O)CCN(C(=O)NC1CCCCC1)C(C)c1ccccc1. The van der Waals surface area contributed by atoms with Gasteiger partial charge in [0.05, 0.1) is 19.1 Å². The quantitative estimate of drug-likeness (QED) is 0.758. The normalized spacial score (nSPS) is 16.1. The van der Waals surface area contributed by atoms with Gasteiger partial charge in [-0.25, -0.2) is 4.79 Å². The van der Waals surface area contributed by atoms with Crippen LogP contribution in [0.2, 0.25) is 0 Å². The van der Waals surface area contributed by atoms with Crippen molar-refractivity contribution in [2.45, 2.75) is 64.5 Å². The predicted octanol–water partition coefficient (Wildman–Crippen LogP) is 4.05. The first kappa shape index (κ1) is 19.3. The Morgan fingerprint density at radius 2 is 1.88 bits per heavy atom. The summed E-state index contributed by atoms with van der Waals surface area (Å²) in [4.78, 5) is 26.3. The van der Waals surface area contributed by atoms with E-state index >= 15 is 0 Å². The number of rotatable bonds is 7. The molecule has 138 valence electrons. The molecule has 1 saturated carbocycles. The van der Waals surface area contributed by atoms with Gasteiger partial charge >= 0.3 is 12.0 Å². The molecule has 2 amide bonds. The minimum absolute atomic E-state index is 0.0902. The number of hydrogen-bond donors (Lipinski definition) is 1. The molecule has 0 aromatic heterocycles. The molecule has 1 N–H and O–H groups in total. The van der Waals surface area contributed by atoms with Crippen molar-refractivity contribution in [2.24, 2.45) is 0 Å². The van der Waals surface area contributed by atoms with Crippen LogP contribution in [-0.4, -0.2) is 36.1 Å². The Labute approximate surface area is 150 Å². The average Bonchev–Trinajstić information content (AvgIpc) is 2.63. The number of carbonyl (C=O) groups excluding carboxylic acids is 2. The van der Waals surface area contributed by atoms with Crippen molar-refractivity contribution in [3.05, 3.63) is 35.9 Å². The van der Waals surface area contributed by atoms with Gasteiger partial charge < -0.3 is 15.0 Å². The highest BCUT2D eigenvalue weighted by Gasteiger charge is 2.25. The van der Waals surface area contributed by atoms with E-state index in [4.69, 9.17) is 4.74 Å². The number of carbonyl (C=O) groups is 2. The Hall–Kier alpha value is -2.04. The van der Waals surface area contributed by atoms with Gasteiger partial charge in [-0.05, 0) is 32.3 Å². The first-order chi connectivity index (χ1) is 12.1. The van der Waals surface area contributed by atoms with Gasteiger partial charge in [0.15, 0.2) is 0 Å². The van der Waals surface area contributed by atoms with Crippen LogP contribution < -0.4 is 5.32 Å². The Bertz CT molecular complexity index is 541. The molecule has 5 nitrogen and oxygen atoms in total. The highest BCUT2D eigenvalue weighted by Crippen LogP contribution is 2.22. The zero-order valence-electron chi connectivity index (χ0n) is 15.4. The number of amides is 2. The molecular weight excluding hydrogens is 316 g/mol. The zero-order valence-corrected chi connectivity index (χ0v) is 15.4. The van der Waals surface area contributed by atoms with Crippen LogP contribution in [0.5, 0.6) is 0 Å². The minimum atomic E-state index is -0.266. The number of ether oxygens (including phenoxy) is 1. The van der Waals surface area contributed by atoms with E-state index < -0.39 is 0 Å². The average molecular weight is 346 g/mol. The fourth-order valence-electron chi connectivity index (χ4n) is 3.33. The maximum absolute atomic E-state index is 12.9. The van der Waals surface area contributed by atoms with Crippen LogP contribution in [0.15, 0.2) is 30.3 Å². The Morgan fingerprint density at radius 3 is 2.52 bits per heavy atom. The summed E-state index contributed by atoms with van der Waals surface area (Å²) in [7, 11) is 0. The van der Waals surface area contributed by atoms with Crippen molar-refractivity contribution in [1.29, 1.82) is 0 Å². The largest absolute Gasteiger partial charge is 0.466 e. The summed E-state index contributed by atoms with van der Waals surface area (Å²) in [6.07, 6.45) is 5.88. The van der Waals surface area contributed by atoms with Crippen LogP contribution in [0.1, 0.15) is 64.0 Å². The summed E-state index contributed by atoms with van der Waals surface area (Å²) in [6.45, 7) is 4.51. The second kappa shape index (κ2) is 10.1. The third-order valence-electron chi connectivity index (χ3n) is 4.81. The van der Waals surface area contributed by atoms with Crippen LogP contribution in [0, 0.1) is 0 Å². The second-order valence-electron chi connectivity index (χ2n) is 6.62. The number of hydrogen-bond acceptors (Lipinski definition) is 3. The summed E-state index contributed by atoms with van der Waals surface area (Å²) in [5.41, 5.74) is 1.06. The number of esters is 1. The number of benzene rings is 1. The van der Waals surface area contributed by atoms with Gasteiger partial charge in [0.2, 0.25) is 0 Å². The van der Waals surface area contributed by atoms with E-state index in [9.17, 15) is 9.59 Å². The lowest BCUT2D eigenvalue weighted by atomic mass is 9.95. The summed E-state index contributed by atoms with van der Waals surface area (Å²) in [5, 5.41) is 3.16. The molecule has 2 rings (SSSR count). The van der Waals surface area contributed by atoms with Crippen LogP contribution >= 0.6 is 0 Å². The van der Waals surface area contributed by atoms with Gasteiger partial charge in [0, 0.05) is 12.6 Å². The smallest absolute Gasteiger partial charge is 0.318 e. The fourth-order valence-corrected chi connectivity index (χ4v) is 3.33. The molecule has 0 heterocycles. The van der Waals surface area contributed by atoms with Crippen molar-refractivity contribution in [3.8, 4) is 0 Å². The minimum Gasteiger partial charge on any atom is -0.466 e. The van der Waals surface area contributed by atoms with Gasteiger partial charge in [-0.2, -0.15) is 0 Å². The molecule has 1 aliphatic carbocycles. The Balaban J connectivity index is 2.04. The van der Waals surface area contributed by atoms with E-state index in [1.807, 2.05) is 37.3 Å². The third kappa shape index (κ3) is 6.07. The summed E-state index contributed by atoms with van der Waals surface area (Å²) in [6, 6.07) is 9.97. The molecule has 1 aromatic carbocycles. The van der Waals surface area contributed by atoms with Gasteiger partial charge in [0.1, 0.15) is 0 Å². The third-order valence-corrected chi connectivity index (χ3v) is 4.81. The van der Waals surface area contributed by atoms with E-state index in [1.54, 1.807) is 11.8 Å². The molecule has 1 fully saturated rings. The maximum atomic E-state index is 12.9. The number of nitrogens with one attached hydrogen (secondary N) is 1. The molecule has 1 aromatic rings. The Kier molecular flexibility index (Phi) is 7.76. The summed E-state index contributed by atoms with van der Waals surface area (Å²) < 4.78 is 5.01. The molecule has 0 aliphatic heterocycles. The van der Waals surface area contributed by atoms with Gasteiger partial charge in [-0.3, -0.25) is 4.79 Å². The molecule has 1 unspecified atom stereocenters. The first-order valence-electron chi connectivity index (χ1n) is 9.39. The summed E-state index contributed by atoms with van der Waals surface area (Å²) >= 11 is 0. The lowest BCUT2D eigenvalue weighted by molar-refractivity contribution is -0.143. The molecule has 5 heteroatoms. The van der Waals surface area contributed by atoms with Gasteiger partial charge in [-0.1, -0.05) is 49.6 Å². The zero-order chi connectivity index (χ0) is 18.1. The van der Waals surface area contributed by atoms with Crippen LogP contribution in [-0.2, 0) is 9.53 Å². The molecule has 0 saturated heterocycles. The maximum Gasteiger partial charge on any atom is 0.318 e. The van der Waals surface area contributed by atoms with E-state index in [1.165, 1.54) is 19.3 Å². The lowest BCUT2D eigenvalue weighted by Gasteiger charge is -2.32. The van der Waals surface area contributed by atoms with Crippen molar-refractivity contribution in [2.75, 3.05) is 13.2 Å². The molecule has 25 heavy (non-hydrogen) atoms. The predicted molar refractivity (Wildman–Crippen MR) is 98.2 cm³/mol. The molecule has 0 radical (unpaired) electrons. The van der Waals surface area contributed by atoms with Crippen LogP contribution in [0.3, 0.4) is 0 Å². The van der Waals surface area contributed by atoms with Gasteiger partial charge in [-0.15, -0.1) is 0 Å². The van der Waals surface area contributed by atoms with Crippen LogP contribution in [0.4, 0.5) is 4.79 Å². The highest BCUT2D eigenvalue weighted by molar-refractivity contribution is 5.76. The fraction of sp³-hybridized carbons (Fsp3) is 0.600. The van der Waals surface area contributed by atoms with Crippen molar-refractivity contribution in [1.82, 2.24) is 10.2 Å². The topological polar surface area (TPSA) is 58.6 Å². The lowest BCUT2D eigenvalue weighted by Crippen LogP contribution is -2.47. The molecule has 0 bridgehead atoms. The number of urea groups is 1. The molecule has 1 atom stereocenters. The van der Waals surface area contributed by atoms with Crippen molar-refractivity contribution < 1.29 is 14.3 Å². The first-order valence-corrected chi connectivity index (χ1v) is 9.39. The van der Waals surface area contributed by atoms with E-state index in [0.29, 0.717) is 13.2 Å². The highest BCUT2D eigenvalue weighted by atomic mass is 16.5. The van der Waals surface area contributed by atoms with E-state index in [2.05, 4.69) is 5.32 Å². The van der Waals surface area contributed by atoms with Gasteiger partial charge in [0.25, 0.3) is 0 Å².